The highest BCUT2D eigenvalue weighted by atomic mass is 32.1. The maximum atomic E-state index is 6.24. The minimum atomic E-state index is -0.0512. The predicted octanol–water partition coefficient (Wildman–Crippen LogP) is 2.79. The van der Waals surface area contributed by atoms with Gasteiger partial charge in [-0.2, -0.15) is 5.10 Å². The molecule has 0 saturated heterocycles. The number of nitrogens with zero attached hydrogens (tertiary/aromatic N) is 4. The molecule has 6 heteroatoms. The van der Waals surface area contributed by atoms with Gasteiger partial charge in [-0.3, -0.25) is 4.68 Å². The predicted molar refractivity (Wildman–Crippen MR) is 79.6 cm³/mol. The third kappa shape index (κ3) is 2.91. The van der Waals surface area contributed by atoms with Crippen molar-refractivity contribution in [2.75, 3.05) is 0 Å². The van der Waals surface area contributed by atoms with E-state index >= 15 is 0 Å². The van der Waals surface area contributed by atoms with Crippen molar-refractivity contribution in [3.8, 4) is 0 Å². The number of nitrogens with two attached hydrogens (primary N) is 1. The normalized spacial score (nSPS) is 18.3. The average molecular weight is 291 g/mol. The fourth-order valence-electron chi connectivity index (χ4n) is 2.93. The van der Waals surface area contributed by atoms with Crippen LogP contribution in [0.5, 0.6) is 0 Å². The first-order valence-electron chi connectivity index (χ1n) is 7.32. The van der Waals surface area contributed by atoms with Crippen molar-refractivity contribution in [2.45, 2.75) is 57.5 Å². The molecule has 5 nitrogen and oxygen atoms in total. The minimum Gasteiger partial charge on any atom is -0.323 e. The lowest BCUT2D eigenvalue weighted by atomic mass is 9.96. The first kappa shape index (κ1) is 13.7. The standard InChI is InChI=1S/C14H21N5S/c1-10-14(20-18-16-10)13(15)9-11-7-8-19(17-11)12-5-3-2-4-6-12/h7-8,12-13H,2-6,9,15H2,1H3. The lowest BCUT2D eigenvalue weighted by Gasteiger charge is -2.21. The highest BCUT2D eigenvalue weighted by molar-refractivity contribution is 7.05. The fourth-order valence-corrected chi connectivity index (χ4v) is 3.57. The Balaban J connectivity index is 1.66. The number of hydrogen-bond acceptors (Lipinski definition) is 5. The second kappa shape index (κ2) is 6.01. The van der Waals surface area contributed by atoms with E-state index in [2.05, 4.69) is 26.5 Å². The highest BCUT2D eigenvalue weighted by Crippen LogP contribution is 2.28. The summed E-state index contributed by atoms with van der Waals surface area (Å²) in [5.41, 5.74) is 8.25. The van der Waals surface area contributed by atoms with Crippen LogP contribution in [0.3, 0.4) is 0 Å². The molecule has 2 heterocycles. The van der Waals surface area contributed by atoms with Gasteiger partial charge in [0.25, 0.3) is 0 Å². The molecule has 1 unspecified atom stereocenters. The SMILES string of the molecule is Cc1nnsc1C(N)Cc1ccn(C2CCCCC2)n1. The van der Waals surface area contributed by atoms with Crippen molar-refractivity contribution >= 4 is 11.5 Å². The van der Waals surface area contributed by atoms with E-state index in [0.717, 1.165) is 22.7 Å². The molecule has 1 aliphatic carbocycles. The molecule has 0 radical (unpaired) electrons. The van der Waals surface area contributed by atoms with Crippen LogP contribution in [0.4, 0.5) is 0 Å². The summed E-state index contributed by atoms with van der Waals surface area (Å²) in [6.45, 7) is 1.96. The third-order valence-corrected chi connectivity index (χ3v) is 5.02. The highest BCUT2D eigenvalue weighted by Gasteiger charge is 2.18. The Hall–Kier alpha value is -1.27. The Morgan fingerprint density at radius 1 is 1.40 bits per heavy atom. The summed E-state index contributed by atoms with van der Waals surface area (Å²) in [5, 5.41) is 8.73. The van der Waals surface area contributed by atoms with Crippen molar-refractivity contribution in [3.05, 3.63) is 28.5 Å². The molecule has 20 heavy (non-hydrogen) atoms. The van der Waals surface area contributed by atoms with Crippen molar-refractivity contribution < 1.29 is 0 Å². The zero-order valence-corrected chi connectivity index (χ0v) is 12.6. The number of rotatable bonds is 4. The molecular formula is C14H21N5S. The quantitative estimate of drug-likeness (QED) is 0.940. The molecular weight excluding hydrogens is 270 g/mol. The molecule has 108 valence electrons. The number of aryl methyl sites for hydroxylation is 1. The van der Waals surface area contributed by atoms with E-state index in [0.29, 0.717) is 6.04 Å². The summed E-state index contributed by atoms with van der Waals surface area (Å²) in [6.07, 6.45) is 9.39. The van der Waals surface area contributed by atoms with Crippen molar-refractivity contribution in [2.24, 2.45) is 5.73 Å². The van der Waals surface area contributed by atoms with Gasteiger partial charge in [-0.05, 0) is 37.4 Å². The molecule has 0 spiro atoms. The van der Waals surface area contributed by atoms with Crippen LogP contribution in [0.2, 0.25) is 0 Å². The van der Waals surface area contributed by atoms with Gasteiger partial charge in [0.15, 0.2) is 0 Å². The maximum absolute atomic E-state index is 6.24. The van der Waals surface area contributed by atoms with Crippen LogP contribution in [0.1, 0.15) is 60.5 Å². The Labute approximate surface area is 123 Å². The van der Waals surface area contributed by atoms with Gasteiger partial charge in [-0.25, -0.2) is 0 Å². The molecule has 1 atom stereocenters. The second-order valence-corrected chi connectivity index (χ2v) is 6.40. The number of aromatic nitrogens is 4. The van der Waals surface area contributed by atoms with Crippen molar-refractivity contribution in [1.82, 2.24) is 19.4 Å². The number of hydrogen-bond donors (Lipinski definition) is 1. The van der Waals surface area contributed by atoms with Gasteiger partial charge in [-0.15, -0.1) is 5.10 Å². The summed E-state index contributed by atoms with van der Waals surface area (Å²) in [4.78, 5) is 1.07. The maximum Gasteiger partial charge on any atom is 0.0772 e. The largest absolute Gasteiger partial charge is 0.323 e. The first-order valence-corrected chi connectivity index (χ1v) is 8.10. The Kier molecular flexibility index (Phi) is 4.12. The van der Waals surface area contributed by atoms with Crippen LogP contribution < -0.4 is 5.73 Å². The van der Waals surface area contributed by atoms with E-state index < -0.39 is 0 Å². The van der Waals surface area contributed by atoms with Gasteiger partial charge in [0.05, 0.1) is 22.3 Å². The molecule has 2 aromatic rings. The van der Waals surface area contributed by atoms with E-state index in [-0.39, 0.29) is 6.04 Å². The van der Waals surface area contributed by atoms with Gasteiger partial charge in [0, 0.05) is 18.7 Å². The summed E-state index contributed by atoms with van der Waals surface area (Å²) in [5.74, 6) is 0. The topological polar surface area (TPSA) is 69.6 Å². The lowest BCUT2D eigenvalue weighted by molar-refractivity contribution is 0.328. The van der Waals surface area contributed by atoms with Crippen LogP contribution in [0.25, 0.3) is 0 Å². The van der Waals surface area contributed by atoms with E-state index in [9.17, 15) is 0 Å². The molecule has 0 aliphatic heterocycles. The van der Waals surface area contributed by atoms with Crippen LogP contribution in [-0.4, -0.2) is 19.4 Å². The molecule has 1 aliphatic rings. The van der Waals surface area contributed by atoms with Crippen LogP contribution in [0, 0.1) is 6.92 Å². The monoisotopic (exact) mass is 291 g/mol. The van der Waals surface area contributed by atoms with Crippen LogP contribution >= 0.6 is 11.5 Å². The van der Waals surface area contributed by atoms with E-state index in [1.54, 1.807) is 0 Å². The molecule has 2 aromatic heterocycles. The molecule has 0 aromatic carbocycles. The third-order valence-electron chi connectivity index (χ3n) is 4.06. The zero-order chi connectivity index (χ0) is 13.9. The summed E-state index contributed by atoms with van der Waals surface area (Å²) < 4.78 is 6.09. The van der Waals surface area contributed by atoms with Gasteiger partial charge in [0.2, 0.25) is 0 Å². The zero-order valence-electron chi connectivity index (χ0n) is 11.8. The van der Waals surface area contributed by atoms with Crippen LogP contribution in [0.15, 0.2) is 12.3 Å². The molecule has 3 rings (SSSR count). The van der Waals surface area contributed by atoms with Gasteiger partial charge >= 0.3 is 0 Å². The average Bonchev–Trinajstić information content (AvgIpc) is 3.09. The molecule has 0 bridgehead atoms. The van der Waals surface area contributed by atoms with Crippen LogP contribution in [-0.2, 0) is 6.42 Å². The smallest absolute Gasteiger partial charge is 0.0772 e. The van der Waals surface area contributed by atoms with E-state index in [4.69, 9.17) is 10.8 Å². The van der Waals surface area contributed by atoms with Crippen molar-refractivity contribution in [3.63, 3.8) is 0 Å². The van der Waals surface area contributed by atoms with Gasteiger partial charge in [-0.1, -0.05) is 23.8 Å². The Bertz CT molecular complexity index is 555. The fraction of sp³-hybridized carbons (Fsp3) is 0.643. The van der Waals surface area contributed by atoms with Gasteiger partial charge in [0.1, 0.15) is 0 Å². The summed E-state index contributed by atoms with van der Waals surface area (Å²) >= 11 is 1.39. The molecule has 1 fully saturated rings. The molecule has 1 saturated carbocycles. The summed E-state index contributed by atoms with van der Waals surface area (Å²) in [7, 11) is 0. The van der Waals surface area contributed by atoms with Crippen molar-refractivity contribution in [1.29, 1.82) is 0 Å². The first-order chi connectivity index (χ1) is 9.74. The second-order valence-electron chi connectivity index (χ2n) is 5.61. The van der Waals surface area contributed by atoms with Gasteiger partial charge < -0.3 is 5.73 Å². The molecule has 0 amide bonds. The summed E-state index contributed by atoms with van der Waals surface area (Å²) in [6, 6.07) is 2.63. The Morgan fingerprint density at radius 2 is 2.20 bits per heavy atom. The van der Waals surface area contributed by atoms with E-state index in [1.165, 1.54) is 43.6 Å². The minimum absolute atomic E-state index is 0.0512. The Morgan fingerprint density at radius 3 is 2.90 bits per heavy atom. The lowest BCUT2D eigenvalue weighted by Crippen LogP contribution is -2.16. The molecule has 2 N–H and O–H groups in total. The van der Waals surface area contributed by atoms with E-state index in [1.807, 2.05) is 6.92 Å².